The molecule has 0 aliphatic heterocycles. The maximum atomic E-state index is 11.6. The van der Waals surface area contributed by atoms with Crippen molar-refractivity contribution in [2.75, 3.05) is 13.2 Å². The fourth-order valence-corrected chi connectivity index (χ4v) is 2.30. The molecule has 0 heterocycles. The van der Waals surface area contributed by atoms with Gasteiger partial charge in [-0.3, -0.25) is 0 Å². The van der Waals surface area contributed by atoms with Crippen LogP contribution in [0.25, 0.3) is 11.1 Å². The SMILES string of the molecule is CCCCCOc1ccc(-c2ccc(C(=O)OCC)cc2)cc1. The lowest BCUT2D eigenvalue weighted by Gasteiger charge is -2.08. The van der Waals surface area contributed by atoms with Crippen molar-refractivity contribution in [3.63, 3.8) is 0 Å². The lowest BCUT2D eigenvalue weighted by atomic mass is 10.0. The number of carbonyl (C=O) groups is 1. The van der Waals surface area contributed by atoms with Crippen molar-refractivity contribution in [2.45, 2.75) is 33.1 Å². The molecule has 3 nitrogen and oxygen atoms in total. The summed E-state index contributed by atoms with van der Waals surface area (Å²) in [6.45, 7) is 5.14. The minimum Gasteiger partial charge on any atom is -0.494 e. The molecule has 0 aromatic heterocycles. The molecule has 0 spiro atoms. The summed E-state index contributed by atoms with van der Waals surface area (Å²) in [5.74, 6) is 0.614. The molecule has 0 radical (unpaired) electrons. The van der Waals surface area contributed by atoms with Crippen LogP contribution in [0.1, 0.15) is 43.5 Å². The van der Waals surface area contributed by atoms with E-state index in [9.17, 15) is 4.79 Å². The largest absolute Gasteiger partial charge is 0.494 e. The summed E-state index contributed by atoms with van der Waals surface area (Å²) >= 11 is 0. The molecule has 2 aromatic rings. The van der Waals surface area contributed by atoms with Gasteiger partial charge in [-0.05, 0) is 48.7 Å². The summed E-state index contributed by atoms with van der Waals surface area (Å²) in [7, 11) is 0. The number of hydrogen-bond donors (Lipinski definition) is 0. The molecule has 0 aliphatic rings. The molecule has 0 saturated carbocycles. The van der Waals surface area contributed by atoms with Crippen LogP contribution in [-0.2, 0) is 4.74 Å². The Morgan fingerprint density at radius 3 is 2.04 bits per heavy atom. The predicted molar refractivity (Wildman–Crippen MR) is 92.9 cm³/mol. The van der Waals surface area contributed by atoms with Crippen LogP contribution < -0.4 is 4.74 Å². The number of esters is 1. The molecule has 0 unspecified atom stereocenters. The third-order valence-corrected chi connectivity index (χ3v) is 3.60. The van der Waals surface area contributed by atoms with Crippen molar-refractivity contribution in [1.29, 1.82) is 0 Å². The normalized spacial score (nSPS) is 10.3. The molecule has 0 amide bonds. The number of rotatable bonds is 8. The van der Waals surface area contributed by atoms with Gasteiger partial charge in [0.2, 0.25) is 0 Å². The second kappa shape index (κ2) is 8.99. The van der Waals surface area contributed by atoms with Crippen molar-refractivity contribution >= 4 is 5.97 Å². The first-order chi connectivity index (χ1) is 11.2. The number of benzene rings is 2. The van der Waals surface area contributed by atoms with Gasteiger partial charge in [0.1, 0.15) is 5.75 Å². The fourth-order valence-electron chi connectivity index (χ4n) is 2.30. The Labute approximate surface area is 138 Å². The molecule has 2 rings (SSSR count). The molecule has 0 aliphatic carbocycles. The van der Waals surface area contributed by atoms with Crippen LogP contribution in [0.3, 0.4) is 0 Å². The number of carbonyl (C=O) groups excluding carboxylic acids is 1. The van der Waals surface area contributed by atoms with Gasteiger partial charge in [-0.2, -0.15) is 0 Å². The summed E-state index contributed by atoms with van der Waals surface area (Å²) < 4.78 is 10.7. The highest BCUT2D eigenvalue weighted by Crippen LogP contribution is 2.23. The number of hydrogen-bond acceptors (Lipinski definition) is 3. The summed E-state index contributed by atoms with van der Waals surface area (Å²) in [4.78, 5) is 11.6. The van der Waals surface area contributed by atoms with Crippen molar-refractivity contribution in [3.05, 3.63) is 54.1 Å². The summed E-state index contributed by atoms with van der Waals surface area (Å²) in [6.07, 6.45) is 3.49. The van der Waals surface area contributed by atoms with Crippen LogP contribution in [0.15, 0.2) is 48.5 Å². The molecule has 23 heavy (non-hydrogen) atoms. The van der Waals surface area contributed by atoms with Gasteiger partial charge >= 0.3 is 5.97 Å². The van der Waals surface area contributed by atoms with E-state index in [0.29, 0.717) is 12.2 Å². The molecular weight excluding hydrogens is 288 g/mol. The molecule has 122 valence electrons. The van der Waals surface area contributed by atoms with Crippen LogP contribution in [0, 0.1) is 0 Å². The minimum atomic E-state index is -0.283. The minimum absolute atomic E-state index is 0.283. The Morgan fingerprint density at radius 1 is 0.870 bits per heavy atom. The summed E-state index contributed by atoms with van der Waals surface area (Å²) in [5.41, 5.74) is 2.74. The van der Waals surface area contributed by atoms with E-state index in [1.807, 2.05) is 36.4 Å². The Balaban J connectivity index is 1.97. The van der Waals surface area contributed by atoms with Gasteiger partial charge in [-0.25, -0.2) is 4.79 Å². The number of unbranched alkanes of at least 4 members (excludes halogenated alkanes) is 2. The Morgan fingerprint density at radius 2 is 1.48 bits per heavy atom. The molecule has 3 heteroatoms. The summed E-state index contributed by atoms with van der Waals surface area (Å²) in [6, 6.07) is 15.5. The monoisotopic (exact) mass is 312 g/mol. The average Bonchev–Trinajstić information content (AvgIpc) is 2.60. The molecule has 0 bridgehead atoms. The van der Waals surface area contributed by atoms with Gasteiger partial charge in [-0.1, -0.05) is 44.0 Å². The second-order valence-corrected chi connectivity index (χ2v) is 5.38. The van der Waals surface area contributed by atoms with Crippen molar-refractivity contribution in [3.8, 4) is 16.9 Å². The first kappa shape index (κ1) is 17.1. The topological polar surface area (TPSA) is 35.5 Å². The van der Waals surface area contributed by atoms with Gasteiger partial charge in [0.25, 0.3) is 0 Å². The van der Waals surface area contributed by atoms with E-state index in [1.54, 1.807) is 19.1 Å². The molecule has 0 N–H and O–H groups in total. The van der Waals surface area contributed by atoms with Gasteiger partial charge < -0.3 is 9.47 Å². The van der Waals surface area contributed by atoms with E-state index in [0.717, 1.165) is 29.9 Å². The van der Waals surface area contributed by atoms with E-state index >= 15 is 0 Å². The molecular formula is C20H24O3. The smallest absolute Gasteiger partial charge is 0.338 e. The predicted octanol–water partition coefficient (Wildman–Crippen LogP) is 5.10. The molecule has 0 saturated heterocycles. The highest BCUT2D eigenvalue weighted by molar-refractivity contribution is 5.90. The van der Waals surface area contributed by atoms with Crippen molar-refractivity contribution in [2.24, 2.45) is 0 Å². The molecule has 0 atom stereocenters. The van der Waals surface area contributed by atoms with Crippen LogP contribution in [0.2, 0.25) is 0 Å². The van der Waals surface area contributed by atoms with Gasteiger partial charge in [0, 0.05) is 0 Å². The van der Waals surface area contributed by atoms with Gasteiger partial charge in [-0.15, -0.1) is 0 Å². The molecule has 0 fully saturated rings. The Bertz CT molecular complexity index is 600. The van der Waals surface area contributed by atoms with Gasteiger partial charge in [0.15, 0.2) is 0 Å². The van der Waals surface area contributed by atoms with Crippen LogP contribution in [0.4, 0.5) is 0 Å². The van der Waals surface area contributed by atoms with E-state index < -0.39 is 0 Å². The van der Waals surface area contributed by atoms with Crippen LogP contribution in [-0.4, -0.2) is 19.2 Å². The highest BCUT2D eigenvalue weighted by Gasteiger charge is 2.06. The maximum absolute atomic E-state index is 11.6. The third kappa shape index (κ3) is 5.13. The number of ether oxygens (including phenoxy) is 2. The van der Waals surface area contributed by atoms with E-state index in [2.05, 4.69) is 6.92 Å². The standard InChI is InChI=1S/C20H24O3/c1-3-5-6-15-23-19-13-11-17(12-14-19)16-7-9-18(10-8-16)20(21)22-4-2/h7-14H,3-6,15H2,1-2H3. The lowest BCUT2D eigenvalue weighted by Crippen LogP contribution is -2.03. The average molecular weight is 312 g/mol. The van der Waals surface area contributed by atoms with Crippen LogP contribution >= 0.6 is 0 Å². The Kier molecular flexibility index (Phi) is 6.67. The third-order valence-electron chi connectivity index (χ3n) is 3.60. The van der Waals surface area contributed by atoms with Gasteiger partial charge in [0.05, 0.1) is 18.8 Å². The quantitative estimate of drug-likeness (QED) is 0.502. The highest BCUT2D eigenvalue weighted by atomic mass is 16.5. The van der Waals surface area contributed by atoms with E-state index in [1.165, 1.54) is 12.8 Å². The zero-order valence-electron chi connectivity index (χ0n) is 13.9. The Hall–Kier alpha value is -2.29. The first-order valence-electron chi connectivity index (χ1n) is 8.25. The van der Waals surface area contributed by atoms with Crippen molar-refractivity contribution < 1.29 is 14.3 Å². The fraction of sp³-hybridized carbons (Fsp3) is 0.350. The lowest BCUT2D eigenvalue weighted by molar-refractivity contribution is 0.0526. The molecule has 2 aromatic carbocycles. The zero-order valence-corrected chi connectivity index (χ0v) is 13.9. The summed E-state index contributed by atoms with van der Waals surface area (Å²) in [5, 5.41) is 0. The van der Waals surface area contributed by atoms with E-state index in [4.69, 9.17) is 9.47 Å². The second-order valence-electron chi connectivity index (χ2n) is 5.38. The van der Waals surface area contributed by atoms with Crippen molar-refractivity contribution in [1.82, 2.24) is 0 Å². The first-order valence-corrected chi connectivity index (χ1v) is 8.25. The van der Waals surface area contributed by atoms with E-state index in [-0.39, 0.29) is 5.97 Å². The van der Waals surface area contributed by atoms with Crippen LogP contribution in [0.5, 0.6) is 5.75 Å². The zero-order chi connectivity index (χ0) is 16.5. The maximum Gasteiger partial charge on any atom is 0.338 e.